The smallest absolute Gasteiger partial charge is 0.242 e. The Bertz CT molecular complexity index is 826. The Balaban J connectivity index is 2.26. The summed E-state index contributed by atoms with van der Waals surface area (Å²) >= 11 is 0. The highest BCUT2D eigenvalue weighted by Crippen LogP contribution is 2.16. The minimum absolute atomic E-state index is 0.0491. The first-order valence-corrected chi connectivity index (χ1v) is 9.40. The lowest BCUT2D eigenvalue weighted by atomic mass is 10.1. The van der Waals surface area contributed by atoms with Gasteiger partial charge in [-0.3, -0.25) is 9.59 Å². The first-order chi connectivity index (χ1) is 13.3. The summed E-state index contributed by atoms with van der Waals surface area (Å²) in [5.74, 6) is -1.72. The van der Waals surface area contributed by atoms with E-state index >= 15 is 0 Å². The summed E-state index contributed by atoms with van der Waals surface area (Å²) < 4.78 is 28.1. The first-order valence-electron chi connectivity index (χ1n) is 9.40. The van der Waals surface area contributed by atoms with E-state index in [-0.39, 0.29) is 30.5 Å². The number of nitrogens with one attached hydrogen (secondary N) is 1. The van der Waals surface area contributed by atoms with Crippen LogP contribution in [0.2, 0.25) is 0 Å². The van der Waals surface area contributed by atoms with Crippen molar-refractivity contribution >= 4 is 11.8 Å². The molecule has 0 aromatic heterocycles. The van der Waals surface area contributed by atoms with Crippen LogP contribution >= 0.6 is 0 Å². The molecule has 6 heteroatoms. The summed E-state index contributed by atoms with van der Waals surface area (Å²) in [7, 11) is 0. The quantitative estimate of drug-likeness (QED) is 0.747. The van der Waals surface area contributed by atoms with E-state index in [1.165, 1.54) is 23.1 Å². The topological polar surface area (TPSA) is 49.4 Å². The zero-order valence-electron chi connectivity index (χ0n) is 16.4. The van der Waals surface area contributed by atoms with Crippen molar-refractivity contribution in [3.63, 3.8) is 0 Å². The monoisotopic (exact) mass is 388 g/mol. The molecule has 2 amide bonds. The molecule has 2 unspecified atom stereocenters. The fourth-order valence-corrected chi connectivity index (χ4v) is 2.76. The molecule has 0 saturated carbocycles. The number of hydrogen-bond acceptors (Lipinski definition) is 2. The molecule has 28 heavy (non-hydrogen) atoms. The van der Waals surface area contributed by atoms with Gasteiger partial charge in [-0.25, -0.2) is 8.78 Å². The number of amides is 2. The minimum Gasteiger partial charge on any atom is -0.352 e. The van der Waals surface area contributed by atoms with Crippen LogP contribution in [0, 0.1) is 11.6 Å². The van der Waals surface area contributed by atoms with E-state index in [0.717, 1.165) is 6.42 Å². The van der Waals surface area contributed by atoms with E-state index in [1.807, 2.05) is 13.8 Å². The fourth-order valence-electron chi connectivity index (χ4n) is 2.76. The maximum Gasteiger partial charge on any atom is 0.242 e. The third kappa shape index (κ3) is 5.62. The highest BCUT2D eigenvalue weighted by atomic mass is 19.1. The molecule has 0 saturated heterocycles. The van der Waals surface area contributed by atoms with Gasteiger partial charge in [0.25, 0.3) is 0 Å². The van der Waals surface area contributed by atoms with E-state index < -0.39 is 23.6 Å². The molecule has 0 heterocycles. The number of carbonyl (C=O) groups excluding carboxylic acids is 2. The van der Waals surface area contributed by atoms with Gasteiger partial charge in [-0.15, -0.1) is 0 Å². The second-order valence-electron chi connectivity index (χ2n) is 6.88. The molecule has 0 fully saturated rings. The van der Waals surface area contributed by atoms with Crippen LogP contribution in [0.1, 0.15) is 38.3 Å². The molecule has 2 aromatic rings. The Morgan fingerprint density at radius 1 is 0.964 bits per heavy atom. The SMILES string of the molecule is CCC(C)NC(=O)C(C)N(Cc1ccccc1F)C(=O)Cc1ccccc1F. The van der Waals surface area contributed by atoms with Crippen molar-refractivity contribution in [2.45, 2.75) is 52.2 Å². The van der Waals surface area contributed by atoms with Gasteiger partial charge in [0.2, 0.25) is 11.8 Å². The number of nitrogens with zero attached hydrogens (tertiary/aromatic N) is 1. The van der Waals surface area contributed by atoms with E-state index in [0.29, 0.717) is 5.56 Å². The van der Waals surface area contributed by atoms with Crippen molar-refractivity contribution in [1.82, 2.24) is 10.2 Å². The van der Waals surface area contributed by atoms with Crippen LogP contribution in [-0.4, -0.2) is 28.8 Å². The summed E-state index contributed by atoms with van der Waals surface area (Å²) in [6, 6.07) is 11.2. The van der Waals surface area contributed by atoms with Crippen LogP contribution in [0.25, 0.3) is 0 Å². The molecule has 2 aromatic carbocycles. The maximum absolute atomic E-state index is 14.1. The van der Waals surface area contributed by atoms with E-state index in [4.69, 9.17) is 0 Å². The molecule has 0 bridgehead atoms. The second-order valence-corrected chi connectivity index (χ2v) is 6.88. The first kappa shape index (κ1) is 21.5. The van der Waals surface area contributed by atoms with Gasteiger partial charge in [0.15, 0.2) is 0 Å². The van der Waals surface area contributed by atoms with Crippen LogP contribution in [-0.2, 0) is 22.6 Å². The molecule has 0 aliphatic heterocycles. The standard InChI is InChI=1S/C22H26F2N2O2/c1-4-15(2)25-22(28)16(3)26(14-18-10-6-8-12-20(18)24)21(27)13-17-9-5-7-11-19(17)23/h5-12,15-16H,4,13-14H2,1-3H3,(H,25,28). The number of benzene rings is 2. The average Bonchev–Trinajstić information content (AvgIpc) is 2.68. The molecule has 0 aliphatic carbocycles. The van der Waals surface area contributed by atoms with Crippen LogP contribution in [0.4, 0.5) is 8.78 Å². The number of rotatable bonds is 8. The molecule has 0 aliphatic rings. The average molecular weight is 388 g/mol. The molecule has 0 spiro atoms. The van der Waals surface area contributed by atoms with Gasteiger partial charge in [-0.05, 0) is 38.0 Å². The summed E-state index contributed by atoms with van der Waals surface area (Å²) in [5, 5.41) is 2.84. The van der Waals surface area contributed by atoms with E-state index in [1.54, 1.807) is 37.3 Å². The lowest BCUT2D eigenvalue weighted by Crippen LogP contribution is -2.50. The van der Waals surface area contributed by atoms with Crippen molar-refractivity contribution in [3.05, 3.63) is 71.3 Å². The van der Waals surface area contributed by atoms with Crippen LogP contribution in [0.3, 0.4) is 0 Å². The van der Waals surface area contributed by atoms with E-state index in [2.05, 4.69) is 5.32 Å². The summed E-state index contributed by atoms with van der Waals surface area (Å²) in [6.07, 6.45) is 0.539. The van der Waals surface area contributed by atoms with Crippen molar-refractivity contribution < 1.29 is 18.4 Å². The third-order valence-corrected chi connectivity index (χ3v) is 4.77. The van der Waals surface area contributed by atoms with Crippen LogP contribution < -0.4 is 5.32 Å². The Kier molecular flexibility index (Phi) is 7.67. The molecule has 2 atom stereocenters. The van der Waals surface area contributed by atoms with Crippen LogP contribution in [0.15, 0.2) is 48.5 Å². The van der Waals surface area contributed by atoms with E-state index in [9.17, 15) is 18.4 Å². The van der Waals surface area contributed by atoms with Gasteiger partial charge < -0.3 is 10.2 Å². The van der Waals surface area contributed by atoms with Gasteiger partial charge in [-0.1, -0.05) is 43.3 Å². The summed E-state index contributed by atoms with van der Waals surface area (Å²) in [4.78, 5) is 26.8. The third-order valence-electron chi connectivity index (χ3n) is 4.77. The maximum atomic E-state index is 14.1. The number of hydrogen-bond donors (Lipinski definition) is 1. The minimum atomic E-state index is -0.826. The molecule has 1 N–H and O–H groups in total. The number of halogens is 2. The molecular formula is C22H26F2N2O2. The zero-order chi connectivity index (χ0) is 20.7. The predicted molar refractivity (Wildman–Crippen MR) is 104 cm³/mol. The molecule has 4 nitrogen and oxygen atoms in total. The molecule has 0 radical (unpaired) electrons. The van der Waals surface area contributed by atoms with Gasteiger partial charge in [0.1, 0.15) is 17.7 Å². The molecule has 2 rings (SSSR count). The lowest BCUT2D eigenvalue weighted by molar-refractivity contribution is -0.140. The van der Waals surface area contributed by atoms with Crippen molar-refractivity contribution in [2.75, 3.05) is 0 Å². The largest absolute Gasteiger partial charge is 0.352 e. The fraction of sp³-hybridized carbons (Fsp3) is 0.364. The van der Waals surface area contributed by atoms with Crippen molar-refractivity contribution in [2.24, 2.45) is 0 Å². The summed E-state index contributed by atoms with van der Waals surface area (Å²) in [6.45, 7) is 5.33. The Morgan fingerprint density at radius 2 is 1.50 bits per heavy atom. The van der Waals surface area contributed by atoms with Crippen molar-refractivity contribution in [3.8, 4) is 0 Å². The van der Waals surface area contributed by atoms with Crippen LogP contribution in [0.5, 0.6) is 0 Å². The highest BCUT2D eigenvalue weighted by Gasteiger charge is 2.28. The highest BCUT2D eigenvalue weighted by molar-refractivity contribution is 5.88. The van der Waals surface area contributed by atoms with Gasteiger partial charge >= 0.3 is 0 Å². The van der Waals surface area contributed by atoms with Crippen molar-refractivity contribution in [1.29, 1.82) is 0 Å². The number of carbonyl (C=O) groups is 2. The molecule has 150 valence electrons. The lowest BCUT2D eigenvalue weighted by Gasteiger charge is -2.30. The Hall–Kier alpha value is -2.76. The predicted octanol–water partition coefficient (Wildman–Crippen LogP) is 3.84. The Labute approximate surface area is 164 Å². The summed E-state index contributed by atoms with van der Waals surface area (Å²) in [5.41, 5.74) is 0.535. The zero-order valence-corrected chi connectivity index (χ0v) is 16.4. The second kappa shape index (κ2) is 9.97. The van der Waals surface area contributed by atoms with Gasteiger partial charge in [0, 0.05) is 18.2 Å². The van der Waals surface area contributed by atoms with Gasteiger partial charge in [0.05, 0.1) is 6.42 Å². The Morgan fingerprint density at radius 3 is 2.04 bits per heavy atom. The normalized spacial score (nSPS) is 12.9. The van der Waals surface area contributed by atoms with Gasteiger partial charge in [-0.2, -0.15) is 0 Å². The molecular weight excluding hydrogens is 362 g/mol.